The number of nitrogens with zero attached hydrogens (tertiary/aromatic N) is 2. The third kappa shape index (κ3) is 4.48. The van der Waals surface area contributed by atoms with Gasteiger partial charge in [0.25, 0.3) is 5.91 Å². The highest BCUT2D eigenvalue weighted by Gasteiger charge is 2.23. The number of piperidine rings is 1. The fourth-order valence-electron chi connectivity index (χ4n) is 3.58. The molecule has 1 amide bonds. The Morgan fingerprint density at radius 2 is 2.16 bits per heavy atom. The number of hydrogen-bond acceptors (Lipinski definition) is 4. The van der Waals surface area contributed by atoms with Crippen LogP contribution in [0.25, 0.3) is 0 Å². The second-order valence-electron chi connectivity index (χ2n) is 6.85. The van der Waals surface area contributed by atoms with Crippen molar-refractivity contribution in [3.05, 3.63) is 52.9 Å². The average molecular weight is 341 g/mol. The van der Waals surface area contributed by atoms with E-state index in [2.05, 4.69) is 45.7 Å². The predicted molar refractivity (Wildman–Crippen MR) is 97.4 cm³/mol. The molecule has 1 fully saturated rings. The molecule has 0 aliphatic carbocycles. The first-order chi connectivity index (χ1) is 12.2. The van der Waals surface area contributed by atoms with E-state index in [0.717, 1.165) is 31.7 Å². The average Bonchev–Trinajstić information content (AvgIpc) is 3.02. The third-order valence-electron chi connectivity index (χ3n) is 4.90. The molecule has 5 nitrogen and oxygen atoms in total. The van der Waals surface area contributed by atoms with Gasteiger partial charge in [-0.1, -0.05) is 42.4 Å². The highest BCUT2D eigenvalue weighted by Crippen LogP contribution is 2.19. The molecule has 1 aromatic carbocycles. The number of rotatable bonds is 6. The second kappa shape index (κ2) is 8.30. The molecule has 0 radical (unpaired) electrons. The van der Waals surface area contributed by atoms with Crippen LogP contribution in [0.5, 0.6) is 0 Å². The monoisotopic (exact) mass is 341 g/mol. The number of carbonyl (C=O) groups is 1. The summed E-state index contributed by atoms with van der Waals surface area (Å²) >= 11 is 0. The Hall–Kier alpha value is -2.14. The van der Waals surface area contributed by atoms with Crippen LogP contribution in [0.15, 0.2) is 34.9 Å². The number of carbonyl (C=O) groups excluding carboxylic acids is 1. The fourth-order valence-corrected chi connectivity index (χ4v) is 3.58. The number of likely N-dealkylation sites (tertiary alicyclic amines) is 1. The van der Waals surface area contributed by atoms with Gasteiger partial charge in [-0.3, -0.25) is 9.69 Å². The molecule has 1 aliphatic rings. The van der Waals surface area contributed by atoms with E-state index in [1.54, 1.807) is 6.92 Å². The summed E-state index contributed by atoms with van der Waals surface area (Å²) < 4.78 is 5.16. The molecule has 1 saturated heterocycles. The highest BCUT2D eigenvalue weighted by atomic mass is 16.5. The number of aryl methyl sites for hydroxylation is 2. The molecule has 2 heterocycles. The van der Waals surface area contributed by atoms with Crippen molar-refractivity contribution < 1.29 is 9.32 Å². The molecule has 0 saturated carbocycles. The number of nitrogens with one attached hydrogen (secondary N) is 1. The molecule has 0 bridgehead atoms. The van der Waals surface area contributed by atoms with Gasteiger partial charge in [0.15, 0.2) is 0 Å². The summed E-state index contributed by atoms with van der Waals surface area (Å²) in [7, 11) is 0. The Morgan fingerprint density at radius 3 is 2.92 bits per heavy atom. The molecule has 0 unspecified atom stereocenters. The van der Waals surface area contributed by atoms with Crippen LogP contribution in [0.4, 0.5) is 0 Å². The standard InChI is InChI=1S/C20H27N3O2/c1-3-18-19(15(2)25-22-18)20(24)21-12-17-10-7-11-23(14-17)13-16-8-5-4-6-9-16/h4-6,8-9,17H,3,7,10-14H2,1-2H3,(H,21,24)/t17-/m0/s1. The first-order valence-electron chi connectivity index (χ1n) is 9.17. The second-order valence-corrected chi connectivity index (χ2v) is 6.85. The lowest BCUT2D eigenvalue weighted by Gasteiger charge is -2.32. The van der Waals surface area contributed by atoms with E-state index in [9.17, 15) is 4.79 Å². The van der Waals surface area contributed by atoms with Gasteiger partial charge in [-0.25, -0.2) is 0 Å². The van der Waals surface area contributed by atoms with Crippen molar-refractivity contribution in [2.75, 3.05) is 19.6 Å². The molecular weight excluding hydrogens is 314 g/mol. The zero-order valence-corrected chi connectivity index (χ0v) is 15.1. The van der Waals surface area contributed by atoms with Crippen LogP contribution in [-0.4, -0.2) is 35.6 Å². The summed E-state index contributed by atoms with van der Waals surface area (Å²) in [6, 6.07) is 10.6. The minimum Gasteiger partial charge on any atom is -0.361 e. The smallest absolute Gasteiger partial charge is 0.256 e. The van der Waals surface area contributed by atoms with Gasteiger partial charge in [-0.05, 0) is 44.2 Å². The summed E-state index contributed by atoms with van der Waals surface area (Å²) in [6.45, 7) is 7.62. The lowest BCUT2D eigenvalue weighted by molar-refractivity contribution is 0.0928. The first kappa shape index (κ1) is 17.7. The summed E-state index contributed by atoms with van der Waals surface area (Å²) in [5.74, 6) is 1.03. The highest BCUT2D eigenvalue weighted by molar-refractivity contribution is 5.96. The Bertz CT molecular complexity index is 696. The van der Waals surface area contributed by atoms with Crippen LogP contribution in [0, 0.1) is 12.8 Å². The lowest BCUT2D eigenvalue weighted by Crippen LogP contribution is -2.40. The van der Waals surface area contributed by atoms with Crippen molar-refractivity contribution >= 4 is 5.91 Å². The number of hydrogen-bond donors (Lipinski definition) is 1. The van der Waals surface area contributed by atoms with E-state index in [1.165, 1.54) is 12.0 Å². The Kier molecular flexibility index (Phi) is 5.87. The molecule has 3 rings (SSSR count). The molecule has 134 valence electrons. The third-order valence-corrected chi connectivity index (χ3v) is 4.90. The molecule has 2 aromatic rings. The Labute approximate surface area is 149 Å². The molecule has 1 atom stereocenters. The topological polar surface area (TPSA) is 58.4 Å². The van der Waals surface area contributed by atoms with Crippen LogP contribution in [-0.2, 0) is 13.0 Å². The van der Waals surface area contributed by atoms with Crippen LogP contribution in [0.2, 0.25) is 0 Å². The number of aromatic nitrogens is 1. The Morgan fingerprint density at radius 1 is 1.36 bits per heavy atom. The largest absolute Gasteiger partial charge is 0.361 e. The molecule has 25 heavy (non-hydrogen) atoms. The van der Waals surface area contributed by atoms with Crippen LogP contribution >= 0.6 is 0 Å². The minimum absolute atomic E-state index is 0.0595. The van der Waals surface area contributed by atoms with E-state index in [0.29, 0.717) is 30.2 Å². The molecule has 1 aromatic heterocycles. The van der Waals surface area contributed by atoms with Crippen LogP contribution < -0.4 is 5.32 Å². The van der Waals surface area contributed by atoms with Crippen LogP contribution in [0.1, 0.15) is 47.1 Å². The summed E-state index contributed by atoms with van der Waals surface area (Å²) in [6.07, 6.45) is 3.04. The number of amides is 1. The van der Waals surface area contributed by atoms with Gasteiger partial charge < -0.3 is 9.84 Å². The minimum atomic E-state index is -0.0595. The fraction of sp³-hybridized carbons (Fsp3) is 0.500. The molecular formula is C20H27N3O2. The number of benzene rings is 1. The normalized spacial score (nSPS) is 18.2. The molecule has 5 heteroatoms. The van der Waals surface area contributed by atoms with E-state index in [4.69, 9.17) is 4.52 Å². The summed E-state index contributed by atoms with van der Waals surface area (Å²) in [5, 5.41) is 7.05. The van der Waals surface area contributed by atoms with Crippen molar-refractivity contribution in [1.29, 1.82) is 0 Å². The zero-order valence-electron chi connectivity index (χ0n) is 15.1. The van der Waals surface area contributed by atoms with Crippen molar-refractivity contribution in [1.82, 2.24) is 15.4 Å². The zero-order chi connectivity index (χ0) is 17.6. The van der Waals surface area contributed by atoms with Gasteiger partial charge in [0.2, 0.25) is 0 Å². The van der Waals surface area contributed by atoms with E-state index in [-0.39, 0.29) is 5.91 Å². The van der Waals surface area contributed by atoms with Crippen molar-refractivity contribution in [2.45, 2.75) is 39.7 Å². The van der Waals surface area contributed by atoms with Gasteiger partial charge in [0, 0.05) is 19.6 Å². The Balaban J connectivity index is 1.52. The van der Waals surface area contributed by atoms with E-state index < -0.39 is 0 Å². The van der Waals surface area contributed by atoms with Crippen molar-refractivity contribution in [3.8, 4) is 0 Å². The first-order valence-corrected chi connectivity index (χ1v) is 9.17. The van der Waals surface area contributed by atoms with Gasteiger partial charge in [-0.2, -0.15) is 0 Å². The maximum absolute atomic E-state index is 12.5. The SMILES string of the molecule is CCc1noc(C)c1C(=O)NC[C@@H]1CCCN(Cc2ccccc2)C1. The summed E-state index contributed by atoms with van der Waals surface area (Å²) in [4.78, 5) is 15.0. The van der Waals surface area contributed by atoms with E-state index in [1.807, 2.05) is 6.92 Å². The molecule has 1 aliphatic heterocycles. The lowest BCUT2D eigenvalue weighted by atomic mass is 9.97. The maximum Gasteiger partial charge on any atom is 0.256 e. The van der Waals surface area contributed by atoms with Crippen molar-refractivity contribution in [3.63, 3.8) is 0 Å². The maximum atomic E-state index is 12.5. The van der Waals surface area contributed by atoms with Gasteiger partial charge in [0.1, 0.15) is 11.3 Å². The van der Waals surface area contributed by atoms with Crippen LogP contribution in [0.3, 0.4) is 0 Å². The van der Waals surface area contributed by atoms with Gasteiger partial charge in [0.05, 0.1) is 5.69 Å². The predicted octanol–water partition coefficient (Wildman–Crippen LogP) is 3.19. The van der Waals surface area contributed by atoms with Crippen molar-refractivity contribution in [2.24, 2.45) is 5.92 Å². The van der Waals surface area contributed by atoms with Gasteiger partial charge in [-0.15, -0.1) is 0 Å². The molecule has 0 spiro atoms. The summed E-state index contributed by atoms with van der Waals surface area (Å²) in [5.41, 5.74) is 2.70. The van der Waals surface area contributed by atoms with Gasteiger partial charge >= 0.3 is 0 Å². The van der Waals surface area contributed by atoms with E-state index >= 15 is 0 Å². The molecule has 1 N–H and O–H groups in total. The quantitative estimate of drug-likeness (QED) is 0.877.